The summed E-state index contributed by atoms with van der Waals surface area (Å²) in [5.74, 6) is 0.785. The van der Waals surface area contributed by atoms with E-state index < -0.39 is 0 Å². The Morgan fingerprint density at radius 3 is 2.56 bits per heavy atom. The molecule has 18 heavy (non-hydrogen) atoms. The topological polar surface area (TPSA) is 54.4 Å². The highest BCUT2D eigenvalue weighted by atomic mass is 32.2. The molecular formula is C14H20O3S. The third kappa shape index (κ3) is 3.37. The first-order valence-electron chi connectivity index (χ1n) is 6.81. The van der Waals surface area contributed by atoms with Crippen LogP contribution in [0.15, 0.2) is 11.3 Å². The Bertz CT molecular complexity index is 349. The van der Waals surface area contributed by atoms with Gasteiger partial charge in [-0.3, -0.25) is 9.59 Å². The number of hydrogen-bond donors (Lipinski definition) is 1. The van der Waals surface area contributed by atoms with Crippen LogP contribution in [-0.2, 0) is 9.59 Å². The molecule has 4 heteroatoms. The number of ketones is 1. The summed E-state index contributed by atoms with van der Waals surface area (Å²) in [6.07, 6.45) is 9.06. The minimum atomic E-state index is -0.254. The number of thioether (sulfide) groups is 1. The molecule has 1 aliphatic heterocycles. The van der Waals surface area contributed by atoms with Crippen molar-refractivity contribution in [2.45, 2.75) is 51.4 Å². The molecule has 0 atom stereocenters. The third-order valence-electron chi connectivity index (χ3n) is 3.86. The molecule has 1 saturated heterocycles. The Hall–Kier alpha value is -0.770. The number of Topliss-reactive ketones (excluding diaryl/α,β-unsaturated/α-hetero) is 1. The number of carbonyl (C=O) groups excluding carboxylic acids is 2. The lowest BCUT2D eigenvalue weighted by Gasteiger charge is -2.21. The Kier molecular flexibility index (Phi) is 4.87. The zero-order valence-corrected chi connectivity index (χ0v) is 11.4. The monoisotopic (exact) mass is 268 g/mol. The summed E-state index contributed by atoms with van der Waals surface area (Å²) in [6, 6.07) is 0. The first-order chi connectivity index (χ1) is 8.68. The van der Waals surface area contributed by atoms with Crippen molar-refractivity contribution < 1.29 is 14.7 Å². The Morgan fingerprint density at radius 2 is 1.94 bits per heavy atom. The van der Waals surface area contributed by atoms with Crippen LogP contribution >= 0.6 is 11.8 Å². The SMILES string of the molecule is O=C1CSC(=O)C1=C(O)CCCC1CCCCC1. The quantitative estimate of drug-likeness (QED) is 0.482. The molecule has 0 amide bonds. The molecule has 0 radical (unpaired) electrons. The molecule has 3 nitrogen and oxygen atoms in total. The van der Waals surface area contributed by atoms with Gasteiger partial charge in [-0.25, -0.2) is 0 Å². The first-order valence-corrected chi connectivity index (χ1v) is 7.79. The predicted octanol–water partition coefficient (Wildman–Crippen LogP) is 3.39. The highest BCUT2D eigenvalue weighted by Crippen LogP contribution is 2.30. The van der Waals surface area contributed by atoms with Gasteiger partial charge >= 0.3 is 0 Å². The van der Waals surface area contributed by atoms with Gasteiger partial charge in [-0.05, 0) is 12.3 Å². The average Bonchev–Trinajstić information content (AvgIpc) is 2.70. The molecule has 2 rings (SSSR count). The standard InChI is InChI=1S/C14H20O3S/c15-11(13-12(16)9-18-14(13)17)8-4-7-10-5-2-1-3-6-10/h10,15H,1-9H2. The maximum atomic E-state index is 11.4. The average molecular weight is 268 g/mol. The van der Waals surface area contributed by atoms with Gasteiger partial charge in [0, 0.05) is 6.42 Å². The third-order valence-corrected chi connectivity index (χ3v) is 4.73. The molecule has 1 saturated carbocycles. The Labute approximate surface area is 112 Å². The molecule has 0 unspecified atom stereocenters. The van der Waals surface area contributed by atoms with Crippen molar-refractivity contribution in [3.8, 4) is 0 Å². The zero-order valence-electron chi connectivity index (χ0n) is 10.6. The molecule has 0 aromatic heterocycles. The summed E-state index contributed by atoms with van der Waals surface area (Å²) >= 11 is 0.997. The van der Waals surface area contributed by atoms with Crippen LogP contribution in [0.1, 0.15) is 51.4 Å². The smallest absolute Gasteiger partial charge is 0.226 e. The van der Waals surface area contributed by atoms with E-state index in [1.165, 1.54) is 32.1 Å². The number of carbonyl (C=O) groups is 2. The lowest BCUT2D eigenvalue weighted by Crippen LogP contribution is -2.08. The summed E-state index contributed by atoms with van der Waals surface area (Å²) in [5, 5.41) is 9.59. The van der Waals surface area contributed by atoms with Gasteiger partial charge in [-0.1, -0.05) is 50.3 Å². The normalized spacial score (nSPS) is 24.7. The summed E-state index contributed by atoms with van der Waals surface area (Å²) in [6.45, 7) is 0. The van der Waals surface area contributed by atoms with E-state index in [0.29, 0.717) is 6.42 Å². The van der Waals surface area contributed by atoms with Gasteiger partial charge in [-0.2, -0.15) is 0 Å². The second-order valence-corrected chi connectivity index (χ2v) is 6.17. The van der Waals surface area contributed by atoms with E-state index in [9.17, 15) is 14.7 Å². The number of aliphatic hydroxyl groups is 1. The minimum Gasteiger partial charge on any atom is -0.511 e. The second-order valence-electron chi connectivity index (χ2n) is 5.22. The second kappa shape index (κ2) is 6.41. The van der Waals surface area contributed by atoms with Crippen LogP contribution in [0.4, 0.5) is 0 Å². The van der Waals surface area contributed by atoms with Gasteiger partial charge in [0.05, 0.1) is 5.75 Å². The summed E-state index contributed by atoms with van der Waals surface area (Å²) in [5.41, 5.74) is 0.0589. The fourth-order valence-electron chi connectivity index (χ4n) is 2.83. The van der Waals surface area contributed by atoms with Gasteiger partial charge < -0.3 is 5.11 Å². The van der Waals surface area contributed by atoms with Gasteiger partial charge in [0.15, 0.2) is 5.78 Å². The van der Waals surface area contributed by atoms with E-state index >= 15 is 0 Å². The van der Waals surface area contributed by atoms with Crippen LogP contribution in [-0.4, -0.2) is 21.8 Å². The van der Waals surface area contributed by atoms with Gasteiger partial charge in [0.25, 0.3) is 0 Å². The number of rotatable bonds is 4. The highest BCUT2D eigenvalue weighted by Gasteiger charge is 2.30. The van der Waals surface area contributed by atoms with E-state index in [0.717, 1.165) is 30.5 Å². The molecule has 2 fully saturated rings. The van der Waals surface area contributed by atoms with Crippen molar-refractivity contribution in [2.24, 2.45) is 5.92 Å². The van der Waals surface area contributed by atoms with Crippen molar-refractivity contribution in [3.63, 3.8) is 0 Å². The molecular weight excluding hydrogens is 248 g/mol. The van der Waals surface area contributed by atoms with Crippen molar-refractivity contribution in [1.82, 2.24) is 0 Å². The number of allylic oxidation sites excluding steroid dienone is 1. The predicted molar refractivity (Wildman–Crippen MR) is 72.6 cm³/mol. The number of aliphatic hydroxyl groups excluding tert-OH is 1. The van der Waals surface area contributed by atoms with E-state index in [4.69, 9.17) is 0 Å². The molecule has 2 aliphatic rings. The molecule has 0 aromatic carbocycles. The van der Waals surface area contributed by atoms with Gasteiger partial charge in [0.2, 0.25) is 5.12 Å². The van der Waals surface area contributed by atoms with Crippen LogP contribution in [0, 0.1) is 5.92 Å². The van der Waals surface area contributed by atoms with Crippen molar-refractivity contribution >= 4 is 22.7 Å². The number of hydrogen-bond acceptors (Lipinski definition) is 4. The van der Waals surface area contributed by atoms with Crippen LogP contribution in [0.25, 0.3) is 0 Å². The van der Waals surface area contributed by atoms with E-state index in [-0.39, 0.29) is 28.0 Å². The first kappa shape index (κ1) is 13.7. The fraction of sp³-hybridized carbons (Fsp3) is 0.714. The lowest BCUT2D eigenvalue weighted by atomic mass is 9.85. The zero-order chi connectivity index (χ0) is 13.0. The fourth-order valence-corrected chi connectivity index (χ4v) is 3.61. The molecule has 0 aromatic rings. The van der Waals surface area contributed by atoms with Crippen LogP contribution in [0.3, 0.4) is 0 Å². The van der Waals surface area contributed by atoms with Crippen molar-refractivity contribution in [1.29, 1.82) is 0 Å². The molecule has 100 valence electrons. The van der Waals surface area contributed by atoms with E-state index in [1.807, 2.05) is 0 Å². The van der Waals surface area contributed by atoms with Gasteiger partial charge in [-0.15, -0.1) is 0 Å². The molecule has 1 heterocycles. The van der Waals surface area contributed by atoms with Crippen molar-refractivity contribution in [2.75, 3.05) is 5.75 Å². The molecule has 1 aliphatic carbocycles. The van der Waals surface area contributed by atoms with Gasteiger partial charge in [0.1, 0.15) is 11.3 Å². The van der Waals surface area contributed by atoms with Crippen molar-refractivity contribution in [3.05, 3.63) is 11.3 Å². The summed E-state index contributed by atoms with van der Waals surface area (Å²) < 4.78 is 0. The minimum absolute atomic E-state index is 0.0193. The summed E-state index contributed by atoms with van der Waals surface area (Å²) in [7, 11) is 0. The lowest BCUT2D eigenvalue weighted by molar-refractivity contribution is -0.115. The van der Waals surface area contributed by atoms with Crippen LogP contribution in [0.2, 0.25) is 0 Å². The molecule has 1 N–H and O–H groups in total. The summed E-state index contributed by atoms with van der Waals surface area (Å²) in [4.78, 5) is 22.8. The Morgan fingerprint density at radius 1 is 1.22 bits per heavy atom. The van der Waals surface area contributed by atoms with E-state index in [1.54, 1.807) is 0 Å². The molecule has 0 bridgehead atoms. The van der Waals surface area contributed by atoms with E-state index in [2.05, 4.69) is 0 Å². The maximum absolute atomic E-state index is 11.4. The van der Waals surface area contributed by atoms with Crippen LogP contribution in [0.5, 0.6) is 0 Å². The largest absolute Gasteiger partial charge is 0.511 e. The van der Waals surface area contributed by atoms with Crippen LogP contribution < -0.4 is 0 Å². The molecule has 0 spiro atoms. The Balaban J connectivity index is 1.80. The maximum Gasteiger partial charge on any atom is 0.226 e. The highest BCUT2D eigenvalue weighted by molar-refractivity contribution is 8.15.